The summed E-state index contributed by atoms with van der Waals surface area (Å²) in [5.74, 6) is 1.57. The minimum atomic E-state index is 0.0424. The third-order valence-electron chi connectivity index (χ3n) is 4.40. The number of nitrogens with zero attached hydrogens (tertiary/aromatic N) is 1. The van der Waals surface area contributed by atoms with Gasteiger partial charge in [0.15, 0.2) is 5.84 Å². The zero-order valence-corrected chi connectivity index (χ0v) is 16.5. The SMILES string of the molecule is COC(CCCOc1ccc(C(=N)N)cc1)CCOc1ccc(/C(N)=N\O)cc1. The highest BCUT2D eigenvalue weighted by Crippen LogP contribution is 2.15. The summed E-state index contributed by atoms with van der Waals surface area (Å²) >= 11 is 0. The zero-order valence-electron chi connectivity index (χ0n) is 16.5. The Morgan fingerprint density at radius 2 is 1.48 bits per heavy atom. The lowest BCUT2D eigenvalue weighted by Crippen LogP contribution is -2.16. The number of rotatable bonds is 12. The van der Waals surface area contributed by atoms with Crippen LogP contribution < -0.4 is 20.9 Å². The molecule has 29 heavy (non-hydrogen) atoms. The summed E-state index contributed by atoms with van der Waals surface area (Å²) in [5.41, 5.74) is 12.3. The molecule has 0 aliphatic rings. The summed E-state index contributed by atoms with van der Waals surface area (Å²) < 4.78 is 17.0. The van der Waals surface area contributed by atoms with Crippen molar-refractivity contribution in [2.75, 3.05) is 20.3 Å². The van der Waals surface area contributed by atoms with E-state index in [2.05, 4.69) is 5.16 Å². The fourth-order valence-electron chi connectivity index (χ4n) is 2.70. The van der Waals surface area contributed by atoms with E-state index in [0.29, 0.717) is 30.1 Å². The topological polar surface area (TPSA) is 136 Å². The van der Waals surface area contributed by atoms with Crippen molar-refractivity contribution in [1.29, 1.82) is 5.41 Å². The molecule has 0 aromatic heterocycles. The average molecular weight is 400 g/mol. The molecule has 0 aliphatic carbocycles. The second-order valence-electron chi connectivity index (χ2n) is 6.43. The molecule has 0 aliphatic heterocycles. The van der Waals surface area contributed by atoms with Crippen molar-refractivity contribution in [1.82, 2.24) is 0 Å². The molecule has 156 valence electrons. The third kappa shape index (κ3) is 7.34. The maximum atomic E-state index is 8.67. The zero-order chi connectivity index (χ0) is 21.1. The van der Waals surface area contributed by atoms with Crippen LogP contribution in [0.15, 0.2) is 53.7 Å². The van der Waals surface area contributed by atoms with Crippen molar-refractivity contribution in [3.63, 3.8) is 0 Å². The number of hydrogen-bond acceptors (Lipinski definition) is 6. The molecule has 0 saturated carbocycles. The molecule has 0 spiro atoms. The van der Waals surface area contributed by atoms with Crippen LogP contribution in [0.4, 0.5) is 0 Å². The highest BCUT2D eigenvalue weighted by molar-refractivity contribution is 5.97. The number of nitrogen functional groups attached to an aromatic ring is 1. The van der Waals surface area contributed by atoms with Crippen LogP contribution in [0, 0.1) is 5.41 Å². The van der Waals surface area contributed by atoms with Crippen molar-refractivity contribution >= 4 is 11.7 Å². The minimum Gasteiger partial charge on any atom is -0.494 e. The minimum absolute atomic E-state index is 0.0424. The molecule has 8 nitrogen and oxygen atoms in total. The standard InChI is InChI=1S/C21H28N4O4/c1-27-17(3-2-13-28-18-8-4-15(5-9-18)20(22)23)12-14-29-19-10-6-16(7-11-19)21(24)25-26/h4-11,17,26H,2-3,12-14H2,1H3,(H3,22,23)(H2,24,25). The molecular formula is C21H28N4O4. The molecule has 2 aromatic rings. The summed E-state index contributed by atoms with van der Waals surface area (Å²) in [6.07, 6.45) is 2.54. The van der Waals surface area contributed by atoms with Crippen molar-refractivity contribution < 1.29 is 19.4 Å². The van der Waals surface area contributed by atoms with Crippen LogP contribution in [-0.4, -0.2) is 43.3 Å². The lowest BCUT2D eigenvalue weighted by atomic mass is 10.1. The third-order valence-corrected chi connectivity index (χ3v) is 4.40. The Balaban J connectivity index is 1.66. The largest absolute Gasteiger partial charge is 0.494 e. The first-order chi connectivity index (χ1) is 14.0. The Morgan fingerprint density at radius 1 is 0.931 bits per heavy atom. The molecule has 1 atom stereocenters. The Hall–Kier alpha value is -3.26. The first kappa shape index (κ1) is 22.0. The monoisotopic (exact) mass is 400 g/mol. The van der Waals surface area contributed by atoms with E-state index in [-0.39, 0.29) is 17.8 Å². The smallest absolute Gasteiger partial charge is 0.170 e. The average Bonchev–Trinajstić information content (AvgIpc) is 2.75. The maximum Gasteiger partial charge on any atom is 0.170 e. The number of oxime groups is 1. The first-order valence-corrected chi connectivity index (χ1v) is 9.34. The molecule has 0 radical (unpaired) electrons. The van der Waals surface area contributed by atoms with Crippen LogP contribution in [-0.2, 0) is 4.74 Å². The van der Waals surface area contributed by atoms with Crippen molar-refractivity contribution in [3.8, 4) is 11.5 Å². The first-order valence-electron chi connectivity index (χ1n) is 9.34. The van der Waals surface area contributed by atoms with Gasteiger partial charge in [0.05, 0.1) is 19.3 Å². The van der Waals surface area contributed by atoms with Crippen LogP contribution in [0.3, 0.4) is 0 Å². The van der Waals surface area contributed by atoms with Gasteiger partial charge in [0.25, 0.3) is 0 Å². The number of ether oxygens (including phenoxy) is 3. The highest BCUT2D eigenvalue weighted by Gasteiger charge is 2.08. The summed E-state index contributed by atoms with van der Waals surface area (Å²) in [4.78, 5) is 0. The van der Waals surface area contributed by atoms with E-state index in [1.807, 2.05) is 12.1 Å². The van der Waals surface area contributed by atoms with Crippen LogP contribution in [0.25, 0.3) is 0 Å². The van der Waals surface area contributed by atoms with Crippen LogP contribution in [0.1, 0.15) is 30.4 Å². The van der Waals surface area contributed by atoms with Gasteiger partial charge in [-0.2, -0.15) is 0 Å². The van der Waals surface area contributed by atoms with E-state index in [9.17, 15) is 0 Å². The Kier molecular flexibility index (Phi) is 8.78. The normalized spacial score (nSPS) is 12.4. The van der Waals surface area contributed by atoms with Gasteiger partial charge in [-0.15, -0.1) is 0 Å². The summed E-state index contributed by atoms with van der Waals surface area (Å²) in [6.45, 7) is 1.10. The van der Waals surface area contributed by atoms with Gasteiger partial charge in [-0.1, -0.05) is 5.16 Å². The lowest BCUT2D eigenvalue weighted by Gasteiger charge is -2.16. The van der Waals surface area contributed by atoms with Gasteiger partial charge < -0.3 is 30.9 Å². The predicted octanol–water partition coefficient (Wildman–Crippen LogP) is 2.71. The summed E-state index contributed by atoms with van der Waals surface area (Å²) in [5, 5.41) is 19.0. The van der Waals surface area contributed by atoms with E-state index in [1.165, 1.54) is 0 Å². The van der Waals surface area contributed by atoms with Gasteiger partial charge in [0.2, 0.25) is 0 Å². The van der Waals surface area contributed by atoms with Crippen LogP contribution >= 0.6 is 0 Å². The number of benzene rings is 2. The Bertz CT molecular complexity index is 791. The Morgan fingerprint density at radius 3 is 2.00 bits per heavy atom. The molecule has 0 heterocycles. The molecule has 2 rings (SSSR count). The van der Waals surface area contributed by atoms with E-state index in [1.54, 1.807) is 43.5 Å². The molecule has 2 aromatic carbocycles. The molecule has 0 amide bonds. The number of amidine groups is 2. The fourth-order valence-corrected chi connectivity index (χ4v) is 2.70. The molecule has 0 saturated heterocycles. The van der Waals surface area contributed by atoms with Gasteiger partial charge >= 0.3 is 0 Å². The molecular weight excluding hydrogens is 372 g/mol. The number of nitrogens with two attached hydrogens (primary N) is 2. The second kappa shape index (κ2) is 11.6. The van der Waals surface area contributed by atoms with E-state index in [0.717, 1.165) is 25.0 Å². The van der Waals surface area contributed by atoms with Crippen molar-refractivity contribution in [2.24, 2.45) is 16.6 Å². The van der Waals surface area contributed by atoms with Gasteiger partial charge in [-0.25, -0.2) is 0 Å². The predicted molar refractivity (Wildman–Crippen MR) is 112 cm³/mol. The number of hydrogen-bond donors (Lipinski definition) is 4. The van der Waals surface area contributed by atoms with Crippen molar-refractivity contribution in [3.05, 3.63) is 59.7 Å². The molecule has 0 fully saturated rings. The molecule has 8 heteroatoms. The van der Waals surface area contributed by atoms with E-state index < -0.39 is 0 Å². The second-order valence-corrected chi connectivity index (χ2v) is 6.43. The highest BCUT2D eigenvalue weighted by atomic mass is 16.5. The van der Waals surface area contributed by atoms with Crippen LogP contribution in [0.2, 0.25) is 0 Å². The molecule has 0 bridgehead atoms. The molecule has 1 unspecified atom stereocenters. The fraction of sp³-hybridized carbons (Fsp3) is 0.333. The number of nitrogens with one attached hydrogen (secondary N) is 1. The number of methoxy groups -OCH3 is 1. The molecule has 6 N–H and O–H groups in total. The van der Waals surface area contributed by atoms with E-state index >= 15 is 0 Å². The summed E-state index contributed by atoms with van der Waals surface area (Å²) in [7, 11) is 1.69. The van der Waals surface area contributed by atoms with Gasteiger partial charge in [0.1, 0.15) is 17.3 Å². The lowest BCUT2D eigenvalue weighted by molar-refractivity contribution is 0.0695. The summed E-state index contributed by atoms with van der Waals surface area (Å²) in [6, 6.07) is 14.2. The Labute approximate surface area is 170 Å². The van der Waals surface area contributed by atoms with Gasteiger partial charge in [-0.3, -0.25) is 5.41 Å². The van der Waals surface area contributed by atoms with Crippen LogP contribution in [0.5, 0.6) is 11.5 Å². The van der Waals surface area contributed by atoms with Gasteiger partial charge in [-0.05, 0) is 61.4 Å². The maximum absolute atomic E-state index is 8.67. The van der Waals surface area contributed by atoms with E-state index in [4.69, 9.17) is 36.3 Å². The van der Waals surface area contributed by atoms with Crippen molar-refractivity contribution in [2.45, 2.75) is 25.4 Å². The quantitative estimate of drug-likeness (QED) is 0.142. The van der Waals surface area contributed by atoms with Gasteiger partial charge in [0, 0.05) is 24.7 Å².